The van der Waals surface area contributed by atoms with Gasteiger partial charge in [-0.1, -0.05) is 48.5 Å². The van der Waals surface area contributed by atoms with Gasteiger partial charge in [0.05, 0.1) is 0 Å². The quantitative estimate of drug-likeness (QED) is 0.613. The highest BCUT2D eigenvalue weighted by Gasteiger charge is 2.06. The molecule has 26 heavy (non-hydrogen) atoms. The number of aliphatic carboxylic acids is 2. The van der Waals surface area contributed by atoms with E-state index in [0.29, 0.717) is 0 Å². The number of fused-ring (bicyclic) bond motifs is 1. The maximum Gasteiger partial charge on any atom is 0.414 e. The Kier molecular flexibility index (Phi) is 6.93. The number of hydrogen-bond acceptors (Lipinski definition) is 3. The van der Waals surface area contributed by atoms with Crippen LogP contribution in [0.2, 0.25) is 0 Å². The number of aromatic nitrogens is 1. The second-order valence-electron chi connectivity index (χ2n) is 5.94. The molecule has 0 aliphatic carbocycles. The molecule has 0 spiro atoms. The third kappa shape index (κ3) is 5.75. The first-order chi connectivity index (χ1) is 12.5. The highest BCUT2D eigenvalue weighted by atomic mass is 16.4. The van der Waals surface area contributed by atoms with Gasteiger partial charge in [-0.2, -0.15) is 0 Å². The van der Waals surface area contributed by atoms with Crippen molar-refractivity contribution in [3.05, 3.63) is 71.9 Å². The van der Waals surface area contributed by atoms with Gasteiger partial charge in [0.15, 0.2) is 0 Å². The topological polar surface area (TPSA) is 93.6 Å². The summed E-state index contributed by atoms with van der Waals surface area (Å²) in [5.74, 6) is -3.65. The number of para-hydroxylation sites is 1. The largest absolute Gasteiger partial charge is 0.473 e. The monoisotopic (exact) mass is 354 g/mol. The molecule has 0 atom stereocenters. The third-order valence-electron chi connectivity index (χ3n) is 3.92. The van der Waals surface area contributed by atoms with Crippen molar-refractivity contribution in [1.29, 1.82) is 0 Å². The first-order valence-electron chi connectivity index (χ1n) is 8.21. The fourth-order valence-electron chi connectivity index (χ4n) is 2.60. The second kappa shape index (κ2) is 9.39. The number of likely N-dealkylation sites (N-methyl/N-ethyl adjacent to an activating group) is 1. The SMILES string of the molecule is CN(CCc1ccccc1)Cc1c[nH]c2ccccc12.O=C(O)C(=O)O. The van der Waals surface area contributed by atoms with Crippen LogP contribution in [0.15, 0.2) is 60.8 Å². The molecule has 0 fully saturated rings. The summed E-state index contributed by atoms with van der Waals surface area (Å²) in [6.07, 6.45) is 3.23. The Balaban J connectivity index is 0.000000352. The molecule has 136 valence electrons. The fourth-order valence-corrected chi connectivity index (χ4v) is 2.60. The van der Waals surface area contributed by atoms with Gasteiger partial charge in [-0.25, -0.2) is 9.59 Å². The molecule has 3 rings (SSSR count). The average molecular weight is 354 g/mol. The molecule has 6 heteroatoms. The molecule has 0 radical (unpaired) electrons. The number of carbonyl (C=O) groups is 2. The summed E-state index contributed by atoms with van der Waals surface area (Å²) in [5, 5.41) is 16.1. The summed E-state index contributed by atoms with van der Waals surface area (Å²) in [6.45, 7) is 2.06. The Morgan fingerprint density at radius 2 is 1.58 bits per heavy atom. The maximum atomic E-state index is 9.10. The van der Waals surface area contributed by atoms with Crippen LogP contribution in [0.3, 0.4) is 0 Å². The van der Waals surface area contributed by atoms with Crippen molar-refractivity contribution in [1.82, 2.24) is 9.88 Å². The average Bonchev–Trinajstić information content (AvgIpc) is 3.04. The minimum absolute atomic E-state index is 0.983. The number of carboxylic acid groups (broad SMARTS) is 2. The van der Waals surface area contributed by atoms with Crippen LogP contribution in [0, 0.1) is 0 Å². The molecule has 1 heterocycles. The highest BCUT2D eigenvalue weighted by Crippen LogP contribution is 2.18. The van der Waals surface area contributed by atoms with E-state index < -0.39 is 11.9 Å². The number of aromatic amines is 1. The van der Waals surface area contributed by atoms with Gasteiger partial charge in [-0.15, -0.1) is 0 Å². The lowest BCUT2D eigenvalue weighted by molar-refractivity contribution is -0.159. The van der Waals surface area contributed by atoms with Gasteiger partial charge in [0.2, 0.25) is 0 Å². The fraction of sp³-hybridized carbons (Fsp3) is 0.200. The van der Waals surface area contributed by atoms with Crippen molar-refractivity contribution in [2.24, 2.45) is 0 Å². The standard InChI is InChI=1S/C18H20N2.C2H2O4/c1-20(12-11-15-7-3-2-4-8-15)14-16-13-19-18-10-6-5-9-17(16)18;3-1(4)2(5)6/h2-10,13,19H,11-12,14H2,1H3;(H,3,4)(H,5,6). The van der Waals surface area contributed by atoms with Crippen LogP contribution in [0.1, 0.15) is 11.1 Å². The van der Waals surface area contributed by atoms with Crippen molar-refractivity contribution in [2.75, 3.05) is 13.6 Å². The van der Waals surface area contributed by atoms with Crippen molar-refractivity contribution in [3.63, 3.8) is 0 Å². The molecule has 0 bridgehead atoms. The third-order valence-corrected chi connectivity index (χ3v) is 3.92. The van der Waals surface area contributed by atoms with Crippen molar-refractivity contribution in [2.45, 2.75) is 13.0 Å². The first-order valence-corrected chi connectivity index (χ1v) is 8.21. The van der Waals surface area contributed by atoms with Gasteiger partial charge in [0.25, 0.3) is 0 Å². The molecule has 6 nitrogen and oxygen atoms in total. The molecule has 0 amide bonds. The van der Waals surface area contributed by atoms with E-state index in [1.165, 1.54) is 22.0 Å². The van der Waals surface area contributed by atoms with E-state index in [2.05, 4.69) is 77.7 Å². The maximum absolute atomic E-state index is 9.10. The molecule has 2 aromatic carbocycles. The molecule has 0 saturated heterocycles. The molecule has 0 aliphatic rings. The Bertz CT molecular complexity index is 846. The van der Waals surface area contributed by atoms with Gasteiger partial charge in [-0.05, 0) is 30.7 Å². The Morgan fingerprint density at radius 1 is 0.962 bits per heavy atom. The summed E-state index contributed by atoms with van der Waals surface area (Å²) in [5.41, 5.74) is 3.99. The summed E-state index contributed by atoms with van der Waals surface area (Å²) >= 11 is 0. The number of carboxylic acids is 2. The number of nitrogens with zero attached hydrogens (tertiary/aromatic N) is 1. The van der Waals surface area contributed by atoms with E-state index in [-0.39, 0.29) is 0 Å². The van der Waals surface area contributed by atoms with E-state index in [1.54, 1.807) is 0 Å². The van der Waals surface area contributed by atoms with Gasteiger partial charge in [0.1, 0.15) is 0 Å². The van der Waals surface area contributed by atoms with Crippen molar-refractivity contribution < 1.29 is 19.8 Å². The molecule has 0 aliphatic heterocycles. The zero-order valence-corrected chi connectivity index (χ0v) is 14.6. The summed E-state index contributed by atoms with van der Waals surface area (Å²) < 4.78 is 0. The summed E-state index contributed by atoms with van der Waals surface area (Å²) in [7, 11) is 2.19. The van der Waals surface area contributed by atoms with Gasteiger partial charge in [0, 0.05) is 30.2 Å². The molecule has 1 aromatic heterocycles. The molecular weight excluding hydrogens is 332 g/mol. The molecule has 3 aromatic rings. The van der Waals surface area contributed by atoms with Crippen LogP contribution in [-0.2, 0) is 22.6 Å². The van der Waals surface area contributed by atoms with Crippen molar-refractivity contribution >= 4 is 22.8 Å². The molecular formula is C20H22N2O4. The van der Waals surface area contributed by atoms with Crippen LogP contribution in [0.5, 0.6) is 0 Å². The lowest BCUT2D eigenvalue weighted by atomic mass is 10.1. The predicted octanol–water partition coefficient (Wildman–Crippen LogP) is 3.00. The number of hydrogen-bond donors (Lipinski definition) is 3. The minimum Gasteiger partial charge on any atom is -0.473 e. The van der Waals surface area contributed by atoms with Crippen LogP contribution in [0.25, 0.3) is 10.9 Å². The summed E-state index contributed by atoms with van der Waals surface area (Å²) in [6, 6.07) is 19.2. The van der Waals surface area contributed by atoms with E-state index in [4.69, 9.17) is 19.8 Å². The number of rotatable bonds is 5. The van der Waals surface area contributed by atoms with E-state index >= 15 is 0 Å². The molecule has 0 saturated carbocycles. The van der Waals surface area contributed by atoms with E-state index in [0.717, 1.165) is 19.5 Å². The molecule has 0 unspecified atom stereocenters. The van der Waals surface area contributed by atoms with Crippen LogP contribution >= 0.6 is 0 Å². The second-order valence-corrected chi connectivity index (χ2v) is 5.94. The van der Waals surface area contributed by atoms with Gasteiger partial charge >= 0.3 is 11.9 Å². The lowest BCUT2D eigenvalue weighted by Gasteiger charge is -2.16. The number of nitrogens with one attached hydrogen (secondary N) is 1. The van der Waals surface area contributed by atoms with Gasteiger partial charge < -0.3 is 20.1 Å². The Hall–Kier alpha value is -3.12. The number of benzene rings is 2. The minimum atomic E-state index is -1.82. The smallest absolute Gasteiger partial charge is 0.414 e. The van der Waals surface area contributed by atoms with E-state index in [1.807, 2.05) is 0 Å². The number of H-pyrrole nitrogens is 1. The van der Waals surface area contributed by atoms with Gasteiger partial charge in [-0.3, -0.25) is 0 Å². The highest BCUT2D eigenvalue weighted by molar-refractivity contribution is 6.27. The Labute approximate surface area is 151 Å². The van der Waals surface area contributed by atoms with Crippen LogP contribution in [0.4, 0.5) is 0 Å². The molecule has 3 N–H and O–H groups in total. The lowest BCUT2D eigenvalue weighted by Crippen LogP contribution is -2.20. The Morgan fingerprint density at radius 3 is 2.23 bits per heavy atom. The zero-order valence-electron chi connectivity index (χ0n) is 14.6. The zero-order chi connectivity index (χ0) is 18.9. The van der Waals surface area contributed by atoms with Crippen molar-refractivity contribution in [3.8, 4) is 0 Å². The van der Waals surface area contributed by atoms with E-state index in [9.17, 15) is 0 Å². The van der Waals surface area contributed by atoms with Crippen LogP contribution < -0.4 is 0 Å². The first kappa shape index (κ1) is 19.2. The summed E-state index contributed by atoms with van der Waals surface area (Å²) in [4.78, 5) is 23.9. The van der Waals surface area contributed by atoms with Crippen LogP contribution in [-0.4, -0.2) is 45.6 Å². The normalized spacial score (nSPS) is 10.4. The predicted molar refractivity (Wildman–Crippen MR) is 100 cm³/mol.